The summed E-state index contributed by atoms with van der Waals surface area (Å²) in [6.07, 6.45) is 2.18. The van der Waals surface area contributed by atoms with Crippen molar-refractivity contribution in [2.75, 3.05) is 7.11 Å². The molecule has 1 fully saturated rings. The lowest BCUT2D eigenvalue weighted by molar-refractivity contribution is -0.147. The molecule has 1 aliphatic carbocycles. The number of hydrogen-bond acceptors (Lipinski definition) is 3. The molecule has 1 aromatic rings. The van der Waals surface area contributed by atoms with E-state index in [4.69, 9.17) is 4.74 Å². The maximum Gasteiger partial charge on any atom is 0.325 e. The second-order valence-electron chi connectivity index (χ2n) is 5.98. The van der Waals surface area contributed by atoms with Crippen molar-refractivity contribution in [3.8, 4) is 0 Å². The van der Waals surface area contributed by atoms with Crippen LogP contribution in [0.3, 0.4) is 0 Å². The van der Waals surface area contributed by atoms with E-state index in [1.165, 1.54) is 18.2 Å². The molecule has 104 valence electrons. The van der Waals surface area contributed by atoms with Crippen LogP contribution in [0.5, 0.6) is 0 Å². The molecule has 3 nitrogen and oxygen atoms in total. The first-order chi connectivity index (χ1) is 8.94. The standard InChI is InChI=1S/C16H23NO2/c1-11-7-5-6-8-14(11)12-9-13(10-12)17-16(2,3)15(18)19-4/h5-8,12-13,17H,9-10H2,1-4H3. The fourth-order valence-corrected chi connectivity index (χ4v) is 2.86. The molecule has 0 spiro atoms. The van der Waals surface area contributed by atoms with E-state index >= 15 is 0 Å². The number of benzene rings is 1. The molecular formula is C16H23NO2. The topological polar surface area (TPSA) is 38.3 Å². The molecule has 2 rings (SSSR count). The average molecular weight is 261 g/mol. The summed E-state index contributed by atoms with van der Waals surface area (Å²) in [5.41, 5.74) is 2.20. The zero-order valence-electron chi connectivity index (χ0n) is 12.2. The minimum Gasteiger partial charge on any atom is -0.468 e. The lowest BCUT2D eigenvalue weighted by Gasteiger charge is -2.41. The monoisotopic (exact) mass is 261 g/mol. The summed E-state index contributed by atoms with van der Waals surface area (Å²) >= 11 is 0. The molecule has 1 saturated carbocycles. The van der Waals surface area contributed by atoms with Gasteiger partial charge in [-0.3, -0.25) is 10.1 Å². The van der Waals surface area contributed by atoms with Gasteiger partial charge in [-0.05, 0) is 50.7 Å². The van der Waals surface area contributed by atoms with Crippen LogP contribution in [-0.2, 0) is 9.53 Å². The molecule has 0 aromatic heterocycles. The average Bonchev–Trinajstić information content (AvgIpc) is 2.33. The Hall–Kier alpha value is -1.35. The largest absolute Gasteiger partial charge is 0.468 e. The zero-order chi connectivity index (χ0) is 14.0. The van der Waals surface area contributed by atoms with E-state index in [-0.39, 0.29) is 5.97 Å². The van der Waals surface area contributed by atoms with E-state index in [1.807, 2.05) is 13.8 Å². The van der Waals surface area contributed by atoms with Gasteiger partial charge in [0.25, 0.3) is 0 Å². The number of carbonyl (C=O) groups excluding carboxylic acids is 1. The number of esters is 1. The Labute approximate surface area is 115 Å². The summed E-state index contributed by atoms with van der Waals surface area (Å²) < 4.78 is 4.81. The number of ether oxygens (including phenoxy) is 1. The van der Waals surface area contributed by atoms with Crippen molar-refractivity contribution >= 4 is 5.97 Å². The molecule has 1 aliphatic rings. The van der Waals surface area contributed by atoms with Gasteiger partial charge in [-0.15, -0.1) is 0 Å². The second-order valence-corrected chi connectivity index (χ2v) is 5.98. The highest BCUT2D eigenvalue weighted by molar-refractivity contribution is 5.79. The van der Waals surface area contributed by atoms with Gasteiger partial charge >= 0.3 is 5.97 Å². The quantitative estimate of drug-likeness (QED) is 0.847. The van der Waals surface area contributed by atoms with Crippen molar-refractivity contribution in [2.45, 2.75) is 51.1 Å². The van der Waals surface area contributed by atoms with Crippen LogP contribution in [0.2, 0.25) is 0 Å². The third kappa shape index (κ3) is 2.98. The summed E-state index contributed by atoms with van der Waals surface area (Å²) in [6.45, 7) is 5.91. The lowest BCUT2D eigenvalue weighted by atomic mass is 9.74. The van der Waals surface area contributed by atoms with Crippen molar-refractivity contribution in [3.05, 3.63) is 35.4 Å². The number of hydrogen-bond donors (Lipinski definition) is 1. The highest BCUT2D eigenvalue weighted by Gasteiger charge is 2.37. The van der Waals surface area contributed by atoms with Crippen LogP contribution in [0, 0.1) is 6.92 Å². The summed E-state index contributed by atoms with van der Waals surface area (Å²) in [4.78, 5) is 11.6. The highest BCUT2D eigenvalue weighted by Crippen LogP contribution is 2.39. The summed E-state index contributed by atoms with van der Waals surface area (Å²) in [6, 6.07) is 8.95. The fourth-order valence-electron chi connectivity index (χ4n) is 2.86. The maximum atomic E-state index is 11.6. The normalized spacial score (nSPS) is 22.7. The van der Waals surface area contributed by atoms with Crippen LogP contribution in [0.1, 0.15) is 43.7 Å². The third-order valence-corrected chi connectivity index (χ3v) is 4.03. The number of nitrogens with one attached hydrogen (secondary N) is 1. The summed E-state index contributed by atoms with van der Waals surface area (Å²) in [5.74, 6) is 0.416. The van der Waals surface area contributed by atoms with Gasteiger partial charge in [-0.25, -0.2) is 0 Å². The molecular weight excluding hydrogens is 238 g/mol. The van der Waals surface area contributed by atoms with Crippen molar-refractivity contribution in [1.29, 1.82) is 0 Å². The number of aryl methyl sites for hydroxylation is 1. The number of methoxy groups -OCH3 is 1. The van der Waals surface area contributed by atoms with Crippen molar-refractivity contribution < 1.29 is 9.53 Å². The van der Waals surface area contributed by atoms with Crippen LogP contribution in [-0.4, -0.2) is 24.7 Å². The minimum absolute atomic E-state index is 0.202. The fraction of sp³-hybridized carbons (Fsp3) is 0.562. The Morgan fingerprint density at radius 1 is 1.32 bits per heavy atom. The molecule has 0 unspecified atom stereocenters. The Kier molecular flexibility index (Phi) is 3.95. The van der Waals surface area contributed by atoms with Crippen LogP contribution >= 0.6 is 0 Å². The first-order valence-electron chi connectivity index (χ1n) is 6.85. The van der Waals surface area contributed by atoms with Crippen LogP contribution in [0.15, 0.2) is 24.3 Å². The molecule has 0 saturated heterocycles. The Morgan fingerprint density at radius 2 is 1.95 bits per heavy atom. The zero-order valence-corrected chi connectivity index (χ0v) is 12.2. The molecule has 0 aliphatic heterocycles. The minimum atomic E-state index is -0.601. The van der Waals surface area contributed by atoms with Gasteiger partial charge < -0.3 is 4.74 Å². The lowest BCUT2D eigenvalue weighted by Crippen LogP contribution is -2.55. The second kappa shape index (κ2) is 5.33. The van der Waals surface area contributed by atoms with Gasteiger partial charge in [0.15, 0.2) is 0 Å². The van der Waals surface area contributed by atoms with E-state index in [0.29, 0.717) is 12.0 Å². The molecule has 0 amide bonds. The van der Waals surface area contributed by atoms with Gasteiger partial charge in [0, 0.05) is 6.04 Å². The van der Waals surface area contributed by atoms with Crippen LogP contribution in [0.4, 0.5) is 0 Å². The first-order valence-corrected chi connectivity index (χ1v) is 6.85. The molecule has 0 radical (unpaired) electrons. The first kappa shape index (κ1) is 14.1. The highest BCUT2D eigenvalue weighted by atomic mass is 16.5. The SMILES string of the molecule is COC(=O)C(C)(C)NC1CC(c2ccccc2C)C1. The molecule has 1 aromatic carbocycles. The van der Waals surface area contributed by atoms with E-state index in [1.54, 1.807) is 0 Å². The summed E-state index contributed by atoms with van der Waals surface area (Å²) in [7, 11) is 1.43. The third-order valence-electron chi connectivity index (χ3n) is 4.03. The van der Waals surface area contributed by atoms with Gasteiger partial charge in [-0.1, -0.05) is 24.3 Å². The Balaban J connectivity index is 1.91. The molecule has 0 bridgehead atoms. The Morgan fingerprint density at radius 3 is 2.53 bits per heavy atom. The van der Waals surface area contributed by atoms with Gasteiger partial charge in [0.1, 0.15) is 5.54 Å². The predicted octanol–water partition coefficient (Wildman–Crippen LogP) is 2.78. The molecule has 0 atom stereocenters. The van der Waals surface area contributed by atoms with Crippen molar-refractivity contribution in [3.63, 3.8) is 0 Å². The van der Waals surface area contributed by atoms with Gasteiger partial charge in [0.05, 0.1) is 7.11 Å². The molecule has 1 N–H and O–H groups in total. The molecule has 3 heteroatoms. The van der Waals surface area contributed by atoms with Crippen LogP contribution < -0.4 is 5.32 Å². The van der Waals surface area contributed by atoms with Gasteiger partial charge in [-0.2, -0.15) is 0 Å². The van der Waals surface area contributed by atoms with E-state index < -0.39 is 5.54 Å². The predicted molar refractivity (Wildman–Crippen MR) is 76.2 cm³/mol. The van der Waals surface area contributed by atoms with E-state index in [2.05, 4.69) is 36.5 Å². The van der Waals surface area contributed by atoms with Crippen molar-refractivity contribution in [2.24, 2.45) is 0 Å². The number of carbonyl (C=O) groups is 1. The van der Waals surface area contributed by atoms with Crippen molar-refractivity contribution in [1.82, 2.24) is 5.32 Å². The van der Waals surface area contributed by atoms with E-state index in [0.717, 1.165) is 12.8 Å². The summed E-state index contributed by atoms with van der Waals surface area (Å²) in [5, 5.41) is 3.39. The molecule has 19 heavy (non-hydrogen) atoms. The van der Waals surface area contributed by atoms with Gasteiger partial charge in [0.2, 0.25) is 0 Å². The van der Waals surface area contributed by atoms with Crippen LogP contribution in [0.25, 0.3) is 0 Å². The molecule has 0 heterocycles. The smallest absolute Gasteiger partial charge is 0.325 e. The van der Waals surface area contributed by atoms with E-state index in [9.17, 15) is 4.79 Å². The Bertz CT molecular complexity index is 462. The maximum absolute atomic E-state index is 11.6. The number of rotatable bonds is 4.